The molecule has 0 heterocycles. The van der Waals surface area contributed by atoms with Crippen molar-refractivity contribution in [2.45, 2.75) is 104 Å². The first-order valence-electron chi connectivity index (χ1n) is 9.69. The Morgan fingerprint density at radius 1 is 0.897 bits per heavy atom. The van der Waals surface area contributed by atoms with Gasteiger partial charge in [0, 0.05) is 18.9 Å². The van der Waals surface area contributed by atoms with E-state index in [4.69, 9.17) is 14.6 Å². The highest BCUT2D eigenvalue weighted by atomic mass is 16.6. The van der Waals surface area contributed by atoms with Crippen LogP contribution in [0.25, 0.3) is 0 Å². The lowest BCUT2D eigenvalue weighted by Gasteiger charge is -2.32. The monoisotopic (exact) mass is 416 g/mol. The van der Waals surface area contributed by atoms with Crippen molar-refractivity contribution < 1.29 is 33.8 Å². The van der Waals surface area contributed by atoms with Crippen LogP contribution in [0.15, 0.2) is 0 Å². The Labute approximate surface area is 172 Å². The van der Waals surface area contributed by atoms with E-state index in [9.17, 15) is 19.2 Å². The molecule has 0 aromatic carbocycles. The van der Waals surface area contributed by atoms with E-state index >= 15 is 0 Å². The Hall–Kier alpha value is -2.32. The minimum absolute atomic E-state index is 0.0201. The van der Waals surface area contributed by atoms with E-state index in [0.29, 0.717) is 0 Å². The fourth-order valence-corrected chi connectivity index (χ4v) is 2.27. The number of ether oxygens (including phenoxy) is 2. The maximum absolute atomic E-state index is 12.7. The first-order valence-corrected chi connectivity index (χ1v) is 9.69. The Balaban J connectivity index is 5.17. The summed E-state index contributed by atoms with van der Waals surface area (Å²) in [5.41, 5.74) is -2.91. The second-order valence-corrected chi connectivity index (χ2v) is 9.35. The first-order chi connectivity index (χ1) is 12.9. The smallest absolute Gasteiger partial charge is 0.332 e. The minimum Gasteiger partial charge on any atom is -0.481 e. The van der Waals surface area contributed by atoms with Crippen LogP contribution in [0.1, 0.15) is 81.1 Å². The third kappa shape index (κ3) is 12.7. The van der Waals surface area contributed by atoms with Gasteiger partial charge in [0.05, 0.1) is 0 Å². The molecule has 0 aliphatic rings. The van der Waals surface area contributed by atoms with Crippen LogP contribution in [0.5, 0.6) is 0 Å². The first kappa shape index (κ1) is 26.7. The van der Waals surface area contributed by atoms with Gasteiger partial charge in [0.2, 0.25) is 0 Å². The van der Waals surface area contributed by atoms with E-state index in [1.807, 2.05) is 0 Å². The molecule has 2 amide bonds. The Morgan fingerprint density at radius 3 is 1.86 bits per heavy atom. The average molecular weight is 417 g/mol. The molecular formula is C20H36N2O7. The summed E-state index contributed by atoms with van der Waals surface area (Å²) >= 11 is 0. The highest BCUT2D eigenvalue weighted by Gasteiger charge is 2.39. The summed E-state index contributed by atoms with van der Waals surface area (Å²) in [6.07, 6.45) is 0.0306. The number of aliphatic carboxylic acids is 1. The zero-order chi connectivity index (χ0) is 23.0. The highest BCUT2D eigenvalue weighted by molar-refractivity contribution is 5.88. The van der Waals surface area contributed by atoms with Gasteiger partial charge in [0.1, 0.15) is 16.7 Å². The molecule has 29 heavy (non-hydrogen) atoms. The number of rotatable bonds is 9. The van der Waals surface area contributed by atoms with Gasteiger partial charge >= 0.3 is 23.9 Å². The van der Waals surface area contributed by atoms with Crippen LogP contribution < -0.4 is 10.6 Å². The minimum atomic E-state index is -1.47. The zero-order valence-corrected chi connectivity index (χ0v) is 18.8. The molecule has 2 atom stereocenters. The van der Waals surface area contributed by atoms with Gasteiger partial charge in [0.25, 0.3) is 0 Å². The van der Waals surface area contributed by atoms with E-state index in [1.54, 1.807) is 48.5 Å². The van der Waals surface area contributed by atoms with Crippen molar-refractivity contribution in [1.29, 1.82) is 0 Å². The summed E-state index contributed by atoms with van der Waals surface area (Å²) < 4.78 is 10.7. The number of urea groups is 1. The highest BCUT2D eigenvalue weighted by Crippen LogP contribution is 2.21. The van der Waals surface area contributed by atoms with Crippen molar-refractivity contribution in [3.05, 3.63) is 0 Å². The molecule has 0 unspecified atom stereocenters. The van der Waals surface area contributed by atoms with E-state index in [0.717, 1.165) is 0 Å². The molecule has 0 bridgehead atoms. The fraction of sp³-hybridized carbons (Fsp3) is 0.800. The van der Waals surface area contributed by atoms with Crippen molar-refractivity contribution in [2.24, 2.45) is 0 Å². The van der Waals surface area contributed by atoms with Crippen molar-refractivity contribution >= 4 is 23.9 Å². The molecular weight excluding hydrogens is 380 g/mol. The van der Waals surface area contributed by atoms with Crippen molar-refractivity contribution in [3.8, 4) is 0 Å². The van der Waals surface area contributed by atoms with E-state index in [-0.39, 0.29) is 25.7 Å². The summed E-state index contributed by atoms with van der Waals surface area (Å²) in [4.78, 5) is 47.8. The number of amides is 2. The van der Waals surface area contributed by atoms with Crippen LogP contribution >= 0.6 is 0 Å². The van der Waals surface area contributed by atoms with Gasteiger partial charge in [-0.05, 0) is 68.2 Å². The van der Waals surface area contributed by atoms with Crippen LogP contribution in [-0.4, -0.2) is 51.8 Å². The molecule has 0 rings (SSSR count). The summed E-state index contributed by atoms with van der Waals surface area (Å²) in [6.45, 7) is 13.5. The van der Waals surface area contributed by atoms with Crippen LogP contribution in [0.2, 0.25) is 0 Å². The van der Waals surface area contributed by atoms with E-state index in [2.05, 4.69) is 10.6 Å². The lowest BCUT2D eigenvalue weighted by atomic mass is 9.95. The summed E-state index contributed by atoms with van der Waals surface area (Å²) in [7, 11) is 0. The molecule has 0 aromatic heterocycles. The van der Waals surface area contributed by atoms with Crippen molar-refractivity contribution in [2.75, 3.05) is 0 Å². The lowest BCUT2D eigenvalue weighted by Crippen LogP contribution is -2.58. The number of hydrogen-bond donors (Lipinski definition) is 3. The van der Waals surface area contributed by atoms with Gasteiger partial charge in [-0.15, -0.1) is 0 Å². The molecule has 0 fully saturated rings. The lowest BCUT2D eigenvalue weighted by molar-refractivity contribution is -0.163. The van der Waals surface area contributed by atoms with Crippen LogP contribution in [-0.2, 0) is 23.9 Å². The summed E-state index contributed by atoms with van der Waals surface area (Å²) in [5, 5.41) is 13.9. The van der Waals surface area contributed by atoms with Gasteiger partial charge in [-0.2, -0.15) is 0 Å². The Bertz CT molecular complexity index is 605. The number of hydrogen-bond acceptors (Lipinski definition) is 6. The van der Waals surface area contributed by atoms with Crippen LogP contribution in [0.4, 0.5) is 4.79 Å². The Kier molecular flexibility index (Phi) is 9.62. The van der Waals surface area contributed by atoms with Gasteiger partial charge < -0.3 is 25.2 Å². The maximum atomic E-state index is 12.7. The third-order valence-electron chi connectivity index (χ3n) is 3.66. The number of esters is 2. The second kappa shape index (κ2) is 10.5. The molecule has 0 aromatic rings. The van der Waals surface area contributed by atoms with Crippen LogP contribution in [0, 0.1) is 0 Å². The van der Waals surface area contributed by atoms with E-state index < -0.39 is 46.7 Å². The molecule has 168 valence electrons. The third-order valence-corrected chi connectivity index (χ3v) is 3.66. The maximum Gasteiger partial charge on any atom is 0.332 e. The molecule has 0 saturated heterocycles. The topological polar surface area (TPSA) is 131 Å². The van der Waals surface area contributed by atoms with Crippen LogP contribution in [0.3, 0.4) is 0 Å². The predicted molar refractivity (Wildman–Crippen MR) is 107 cm³/mol. The predicted octanol–water partition coefficient (Wildman–Crippen LogP) is 2.76. The molecule has 0 spiro atoms. The number of carboxylic acids is 1. The molecule has 3 N–H and O–H groups in total. The van der Waals surface area contributed by atoms with E-state index in [1.165, 1.54) is 6.92 Å². The quantitative estimate of drug-likeness (QED) is 0.493. The molecule has 9 nitrogen and oxygen atoms in total. The summed E-state index contributed by atoms with van der Waals surface area (Å²) in [6, 6.07) is -1.07. The van der Waals surface area contributed by atoms with Gasteiger partial charge in [-0.1, -0.05) is 0 Å². The Morgan fingerprint density at radius 2 is 1.41 bits per heavy atom. The summed E-state index contributed by atoms with van der Waals surface area (Å²) in [5.74, 6) is -2.14. The average Bonchev–Trinajstić information content (AvgIpc) is 2.47. The van der Waals surface area contributed by atoms with Gasteiger partial charge in [0.15, 0.2) is 0 Å². The largest absolute Gasteiger partial charge is 0.481 e. The second-order valence-electron chi connectivity index (χ2n) is 9.35. The number of carbonyl (C=O) groups excluding carboxylic acids is 3. The van der Waals surface area contributed by atoms with Crippen molar-refractivity contribution in [3.63, 3.8) is 0 Å². The molecule has 0 aliphatic carbocycles. The molecule has 0 radical (unpaired) electrons. The fourth-order valence-electron chi connectivity index (χ4n) is 2.27. The van der Waals surface area contributed by atoms with Gasteiger partial charge in [-0.3, -0.25) is 9.59 Å². The molecule has 9 heteroatoms. The number of carboxylic acid groups (broad SMARTS) is 1. The normalized spacial score (nSPS) is 14.9. The van der Waals surface area contributed by atoms with Gasteiger partial charge in [-0.25, -0.2) is 9.59 Å². The standard InChI is InChI=1S/C20H36N2O7/c1-13(9-10-14(23)24)21-17(27)22-20(8,16(26)29-19(5,6)7)12-11-15(25)28-18(2,3)4/h13H,9-12H2,1-8H3,(H,23,24)(H2,21,22,27)/t13-,20+/m1/s1. The SMILES string of the molecule is C[C@H](CCC(=O)O)NC(=O)N[C@@](C)(CCC(=O)OC(C)(C)C)C(=O)OC(C)(C)C. The zero-order valence-electron chi connectivity index (χ0n) is 18.8. The number of nitrogens with one attached hydrogen (secondary N) is 2. The molecule has 0 saturated carbocycles. The number of carbonyl (C=O) groups is 4. The molecule has 0 aliphatic heterocycles. The van der Waals surface area contributed by atoms with Crippen molar-refractivity contribution in [1.82, 2.24) is 10.6 Å².